The van der Waals surface area contributed by atoms with E-state index >= 15 is 0 Å². The average molecular weight is 297 g/mol. The lowest BCUT2D eigenvalue weighted by Gasteiger charge is -2.20. The van der Waals surface area contributed by atoms with Crippen molar-refractivity contribution in [3.8, 4) is 0 Å². The van der Waals surface area contributed by atoms with E-state index in [1.165, 1.54) is 6.20 Å². The molecule has 1 aromatic heterocycles. The largest absolute Gasteiger partial charge is 0.280 e. The van der Waals surface area contributed by atoms with Crippen molar-refractivity contribution in [3.63, 3.8) is 0 Å². The summed E-state index contributed by atoms with van der Waals surface area (Å²) in [6, 6.07) is 1.69. The molecule has 14 heavy (non-hydrogen) atoms. The smallest absolute Gasteiger partial charge is 0.233 e. The number of hydrogen-bond acceptors (Lipinski definition) is 2. The molecule has 0 radical (unpaired) electrons. The van der Waals surface area contributed by atoms with Crippen molar-refractivity contribution in [2.75, 3.05) is 0 Å². The van der Waals surface area contributed by atoms with Crippen LogP contribution in [0.1, 0.15) is 19.5 Å². The Labute approximate surface area is 101 Å². The lowest BCUT2D eigenvalue weighted by atomic mass is 9.90. The molecule has 1 aromatic rings. The Balaban J connectivity index is 3.26. The van der Waals surface area contributed by atoms with E-state index in [0.717, 1.165) is 0 Å². The Kier molecular flexibility index (Phi) is 3.56. The van der Waals surface area contributed by atoms with Crippen LogP contribution >= 0.6 is 39.1 Å². The van der Waals surface area contributed by atoms with Crippen molar-refractivity contribution in [1.29, 1.82) is 0 Å². The number of hydrogen-bond donors (Lipinski definition) is 0. The van der Waals surface area contributed by atoms with Crippen LogP contribution in [-0.2, 0) is 10.2 Å². The van der Waals surface area contributed by atoms with Crippen LogP contribution < -0.4 is 0 Å². The van der Waals surface area contributed by atoms with Gasteiger partial charge in [-0.15, -0.1) is 0 Å². The number of rotatable bonds is 2. The molecule has 0 N–H and O–H groups in total. The molecule has 0 aliphatic heterocycles. The van der Waals surface area contributed by atoms with Gasteiger partial charge in [0.15, 0.2) is 0 Å². The zero-order valence-electron chi connectivity index (χ0n) is 7.64. The molecule has 0 atom stereocenters. The van der Waals surface area contributed by atoms with E-state index in [1.807, 2.05) is 0 Å². The minimum atomic E-state index is -0.815. The number of aromatic nitrogens is 1. The van der Waals surface area contributed by atoms with Gasteiger partial charge in [0, 0.05) is 10.7 Å². The topological polar surface area (TPSA) is 30.0 Å². The lowest BCUT2D eigenvalue weighted by molar-refractivity contribution is -0.115. The summed E-state index contributed by atoms with van der Waals surface area (Å²) in [7, 11) is 0. The van der Waals surface area contributed by atoms with E-state index in [-0.39, 0.29) is 0 Å². The number of halogens is 3. The normalized spacial score (nSPS) is 11.5. The van der Waals surface area contributed by atoms with E-state index < -0.39 is 10.7 Å². The Hall–Kier alpha value is -0.120. The SMILES string of the molecule is CC(C)(C(=O)Cl)c1ncc(Cl)cc1Br. The molecule has 0 aliphatic carbocycles. The molecule has 0 saturated carbocycles. The van der Waals surface area contributed by atoms with Gasteiger partial charge in [0.05, 0.1) is 16.1 Å². The number of carbonyl (C=O) groups excluding carboxylic acids is 1. The highest BCUT2D eigenvalue weighted by molar-refractivity contribution is 9.10. The van der Waals surface area contributed by atoms with Crippen molar-refractivity contribution >= 4 is 44.4 Å². The van der Waals surface area contributed by atoms with Crippen LogP contribution in [0, 0.1) is 0 Å². The van der Waals surface area contributed by atoms with Crippen LogP contribution in [0.4, 0.5) is 0 Å². The van der Waals surface area contributed by atoms with E-state index in [9.17, 15) is 4.79 Å². The maximum atomic E-state index is 11.2. The third kappa shape index (κ3) is 2.27. The standard InChI is InChI=1S/C9H8BrCl2NO/c1-9(2,8(12)14)7-6(10)3-5(11)4-13-7/h3-4H,1-2H3. The van der Waals surface area contributed by atoms with Crippen molar-refractivity contribution < 1.29 is 4.79 Å². The first-order chi connectivity index (χ1) is 6.35. The minimum absolute atomic E-state index is 0.451. The van der Waals surface area contributed by atoms with Gasteiger partial charge in [0.1, 0.15) is 0 Å². The second-order valence-electron chi connectivity index (χ2n) is 3.38. The highest BCUT2D eigenvalue weighted by Gasteiger charge is 2.31. The van der Waals surface area contributed by atoms with Crippen LogP contribution in [-0.4, -0.2) is 10.2 Å². The molecule has 5 heteroatoms. The monoisotopic (exact) mass is 295 g/mol. The fraction of sp³-hybridized carbons (Fsp3) is 0.333. The van der Waals surface area contributed by atoms with Gasteiger partial charge in [-0.1, -0.05) is 11.6 Å². The fourth-order valence-electron chi connectivity index (χ4n) is 0.968. The van der Waals surface area contributed by atoms with Crippen LogP contribution in [0.3, 0.4) is 0 Å². The second kappa shape index (κ2) is 4.17. The van der Waals surface area contributed by atoms with E-state index in [0.29, 0.717) is 15.2 Å². The van der Waals surface area contributed by atoms with Crippen molar-refractivity contribution in [1.82, 2.24) is 4.98 Å². The molecule has 0 spiro atoms. The number of nitrogens with zero attached hydrogens (tertiary/aromatic N) is 1. The third-order valence-corrected chi connectivity index (χ3v) is 3.17. The Morgan fingerprint density at radius 1 is 1.57 bits per heavy atom. The highest BCUT2D eigenvalue weighted by atomic mass is 79.9. The minimum Gasteiger partial charge on any atom is -0.280 e. The summed E-state index contributed by atoms with van der Waals surface area (Å²) < 4.78 is 0.684. The van der Waals surface area contributed by atoms with Gasteiger partial charge in [-0.2, -0.15) is 0 Å². The first-order valence-electron chi connectivity index (χ1n) is 3.87. The first-order valence-corrected chi connectivity index (χ1v) is 5.42. The number of carbonyl (C=O) groups is 1. The molecule has 1 heterocycles. The van der Waals surface area contributed by atoms with Crippen LogP contribution in [0.15, 0.2) is 16.7 Å². The van der Waals surface area contributed by atoms with E-state index in [2.05, 4.69) is 20.9 Å². The molecule has 76 valence electrons. The van der Waals surface area contributed by atoms with Crippen LogP contribution in [0.5, 0.6) is 0 Å². The number of pyridine rings is 1. The molecule has 0 aliphatic rings. The quantitative estimate of drug-likeness (QED) is 0.781. The zero-order valence-corrected chi connectivity index (χ0v) is 10.7. The summed E-state index contributed by atoms with van der Waals surface area (Å²) in [6.07, 6.45) is 1.49. The summed E-state index contributed by atoms with van der Waals surface area (Å²) in [5.74, 6) is 0. The zero-order chi connectivity index (χ0) is 10.9. The Bertz CT molecular complexity index is 379. The lowest BCUT2D eigenvalue weighted by Crippen LogP contribution is -2.26. The van der Waals surface area contributed by atoms with Gasteiger partial charge in [-0.25, -0.2) is 0 Å². The summed E-state index contributed by atoms with van der Waals surface area (Å²) in [6.45, 7) is 3.42. The Morgan fingerprint density at radius 2 is 2.14 bits per heavy atom. The molecule has 0 fully saturated rings. The third-order valence-electron chi connectivity index (χ3n) is 1.89. The maximum Gasteiger partial charge on any atom is 0.233 e. The summed E-state index contributed by atoms with van der Waals surface area (Å²) in [4.78, 5) is 15.3. The molecular weight excluding hydrogens is 289 g/mol. The molecule has 0 aromatic carbocycles. The van der Waals surface area contributed by atoms with Gasteiger partial charge in [-0.05, 0) is 47.4 Å². The van der Waals surface area contributed by atoms with Gasteiger partial charge in [0.25, 0.3) is 0 Å². The predicted molar refractivity (Wildman–Crippen MR) is 60.8 cm³/mol. The molecule has 2 nitrogen and oxygen atoms in total. The van der Waals surface area contributed by atoms with E-state index in [1.54, 1.807) is 19.9 Å². The van der Waals surface area contributed by atoms with Gasteiger partial charge < -0.3 is 0 Å². The first kappa shape index (κ1) is 12.0. The van der Waals surface area contributed by atoms with Crippen LogP contribution in [0.2, 0.25) is 5.02 Å². The van der Waals surface area contributed by atoms with E-state index in [4.69, 9.17) is 23.2 Å². The highest BCUT2D eigenvalue weighted by Crippen LogP contribution is 2.31. The van der Waals surface area contributed by atoms with Gasteiger partial charge in [0.2, 0.25) is 5.24 Å². The molecule has 0 unspecified atom stereocenters. The summed E-state index contributed by atoms with van der Waals surface area (Å²) >= 11 is 14.5. The van der Waals surface area contributed by atoms with Gasteiger partial charge >= 0.3 is 0 Å². The van der Waals surface area contributed by atoms with Crippen molar-refractivity contribution in [3.05, 3.63) is 27.5 Å². The summed E-state index contributed by atoms with van der Waals surface area (Å²) in [5.41, 5.74) is -0.229. The molecule has 1 rings (SSSR count). The maximum absolute atomic E-state index is 11.2. The van der Waals surface area contributed by atoms with Crippen molar-refractivity contribution in [2.24, 2.45) is 0 Å². The molecule has 0 bridgehead atoms. The average Bonchev–Trinajstić information content (AvgIpc) is 2.02. The fourth-order valence-corrected chi connectivity index (χ4v) is 2.19. The van der Waals surface area contributed by atoms with Crippen molar-refractivity contribution in [2.45, 2.75) is 19.3 Å². The van der Waals surface area contributed by atoms with Gasteiger partial charge in [-0.3, -0.25) is 9.78 Å². The van der Waals surface area contributed by atoms with Crippen LogP contribution in [0.25, 0.3) is 0 Å². The predicted octanol–water partition coefficient (Wildman–Crippen LogP) is 3.54. The molecular formula is C9H8BrCl2NO. The Morgan fingerprint density at radius 3 is 2.57 bits per heavy atom. The molecule has 0 saturated heterocycles. The summed E-state index contributed by atoms with van der Waals surface area (Å²) in [5, 5.41) is 0.0615. The molecule has 0 amide bonds. The second-order valence-corrected chi connectivity index (χ2v) is 5.02.